The Hall–Kier alpha value is -3.71. The zero-order valence-electron chi connectivity index (χ0n) is 15.3. The number of carboxylic acids is 1. The number of carbonyl (C=O) groups excluding carboxylic acids is 1. The van der Waals surface area contributed by atoms with Crippen LogP contribution in [0.4, 0.5) is 5.69 Å². The number of para-hydroxylation sites is 1. The molecule has 0 aliphatic rings. The van der Waals surface area contributed by atoms with Gasteiger partial charge in [0.2, 0.25) is 0 Å². The van der Waals surface area contributed by atoms with E-state index in [9.17, 15) is 14.7 Å². The predicted octanol–water partition coefficient (Wildman–Crippen LogP) is 4.33. The molecule has 2 aromatic carbocycles. The number of rotatable bonds is 4. The van der Waals surface area contributed by atoms with Crippen LogP contribution in [0.2, 0.25) is 5.02 Å². The normalized spacial score (nSPS) is 10.8. The van der Waals surface area contributed by atoms with Crippen LogP contribution in [-0.2, 0) is 0 Å². The van der Waals surface area contributed by atoms with Gasteiger partial charge >= 0.3 is 5.97 Å². The summed E-state index contributed by atoms with van der Waals surface area (Å²) in [7, 11) is 0. The average Bonchev–Trinajstić information content (AvgIpc) is 3.10. The van der Waals surface area contributed by atoms with Crippen molar-refractivity contribution in [2.75, 3.05) is 5.32 Å². The zero-order chi connectivity index (χ0) is 20.5. The lowest BCUT2D eigenvalue weighted by atomic mass is 10.2. The van der Waals surface area contributed by atoms with Gasteiger partial charge in [-0.3, -0.25) is 4.79 Å². The maximum Gasteiger partial charge on any atom is 0.337 e. The van der Waals surface area contributed by atoms with Gasteiger partial charge < -0.3 is 10.4 Å². The number of benzene rings is 2. The zero-order valence-corrected chi connectivity index (χ0v) is 16.0. The number of nitrogens with zero attached hydrogens (tertiary/aromatic N) is 3. The maximum atomic E-state index is 12.7. The van der Waals surface area contributed by atoms with E-state index in [0.717, 1.165) is 10.9 Å². The van der Waals surface area contributed by atoms with Gasteiger partial charge in [-0.05, 0) is 43.3 Å². The molecule has 0 bridgehead atoms. The quantitative estimate of drug-likeness (QED) is 0.525. The molecule has 0 radical (unpaired) electrons. The van der Waals surface area contributed by atoms with E-state index in [-0.39, 0.29) is 10.6 Å². The number of nitrogens with one attached hydrogen (secondary N) is 1. The van der Waals surface area contributed by atoms with Crippen LogP contribution in [0.25, 0.3) is 16.7 Å². The molecule has 8 heteroatoms. The molecule has 0 saturated heterocycles. The van der Waals surface area contributed by atoms with Crippen molar-refractivity contribution < 1.29 is 14.7 Å². The second-order valence-corrected chi connectivity index (χ2v) is 6.78. The summed E-state index contributed by atoms with van der Waals surface area (Å²) in [5, 5.41) is 17.3. The summed E-state index contributed by atoms with van der Waals surface area (Å²) in [5.74, 6) is -0.981. The summed E-state index contributed by atoms with van der Waals surface area (Å²) in [4.78, 5) is 28.5. The number of hydrogen-bond donors (Lipinski definition) is 2. The standard InChI is InChI=1S/C21H15ClN4O3/c1-12-16(20(27)24-14-7-8-17(22)15(10-14)21(28)29)11-23-26(12)19-9-6-13-4-2-3-5-18(13)25-19/h2-11H,1H3,(H,24,27)(H,28,29). The largest absolute Gasteiger partial charge is 0.478 e. The van der Waals surface area contributed by atoms with Crippen LogP contribution in [0.15, 0.2) is 60.8 Å². The van der Waals surface area contributed by atoms with Crippen LogP contribution >= 0.6 is 11.6 Å². The molecule has 4 aromatic rings. The summed E-state index contributed by atoms with van der Waals surface area (Å²) >= 11 is 5.87. The summed E-state index contributed by atoms with van der Waals surface area (Å²) < 4.78 is 1.59. The molecule has 2 N–H and O–H groups in total. The van der Waals surface area contributed by atoms with Crippen molar-refractivity contribution in [3.05, 3.63) is 82.6 Å². The highest BCUT2D eigenvalue weighted by molar-refractivity contribution is 6.33. The minimum Gasteiger partial charge on any atom is -0.478 e. The molecule has 4 rings (SSSR count). The van der Waals surface area contributed by atoms with Gasteiger partial charge in [0.05, 0.1) is 33.6 Å². The van der Waals surface area contributed by atoms with Gasteiger partial charge in [-0.2, -0.15) is 5.10 Å². The summed E-state index contributed by atoms with van der Waals surface area (Å²) in [5.41, 5.74) is 2.03. The highest BCUT2D eigenvalue weighted by Gasteiger charge is 2.17. The molecule has 29 heavy (non-hydrogen) atoms. The van der Waals surface area contributed by atoms with Crippen molar-refractivity contribution in [3.8, 4) is 5.82 Å². The van der Waals surface area contributed by atoms with Gasteiger partial charge in [-0.25, -0.2) is 14.5 Å². The third-order valence-electron chi connectivity index (χ3n) is 4.51. The molecule has 0 unspecified atom stereocenters. The third-order valence-corrected chi connectivity index (χ3v) is 4.84. The smallest absolute Gasteiger partial charge is 0.337 e. The van der Waals surface area contributed by atoms with Crippen LogP contribution in [0.1, 0.15) is 26.4 Å². The van der Waals surface area contributed by atoms with Crippen LogP contribution in [0.5, 0.6) is 0 Å². The molecule has 0 spiro atoms. The Morgan fingerprint density at radius 3 is 2.66 bits per heavy atom. The highest BCUT2D eigenvalue weighted by atomic mass is 35.5. The predicted molar refractivity (Wildman–Crippen MR) is 110 cm³/mol. The number of halogens is 1. The van der Waals surface area contributed by atoms with Crippen molar-refractivity contribution in [3.63, 3.8) is 0 Å². The van der Waals surface area contributed by atoms with E-state index < -0.39 is 11.9 Å². The number of amides is 1. The number of pyridine rings is 1. The minimum absolute atomic E-state index is 0.0859. The molecule has 0 saturated carbocycles. The number of carbonyl (C=O) groups is 2. The number of carboxylic acid groups (broad SMARTS) is 1. The number of anilines is 1. The maximum absolute atomic E-state index is 12.7. The Balaban J connectivity index is 1.63. The molecular formula is C21H15ClN4O3. The number of aromatic carboxylic acids is 1. The Labute approximate surface area is 170 Å². The van der Waals surface area contributed by atoms with E-state index in [0.29, 0.717) is 22.8 Å². The topological polar surface area (TPSA) is 97.1 Å². The summed E-state index contributed by atoms with van der Waals surface area (Å²) in [6, 6.07) is 15.8. The van der Waals surface area contributed by atoms with E-state index in [2.05, 4.69) is 15.4 Å². The number of aromatic nitrogens is 3. The molecule has 0 aliphatic carbocycles. The lowest BCUT2D eigenvalue weighted by Crippen LogP contribution is -2.14. The number of fused-ring (bicyclic) bond motifs is 1. The molecule has 144 valence electrons. The van der Waals surface area contributed by atoms with Crippen molar-refractivity contribution in [1.29, 1.82) is 0 Å². The highest BCUT2D eigenvalue weighted by Crippen LogP contribution is 2.22. The first-order valence-electron chi connectivity index (χ1n) is 8.69. The molecule has 2 heterocycles. The Morgan fingerprint density at radius 2 is 1.86 bits per heavy atom. The lowest BCUT2D eigenvalue weighted by molar-refractivity contribution is 0.0696. The van der Waals surface area contributed by atoms with E-state index in [1.165, 1.54) is 24.4 Å². The molecule has 0 fully saturated rings. The van der Waals surface area contributed by atoms with Gasteiger partial charge in [0.25, 0.3) is 5.91 Å². The molecule has 0 aliphatic heterocycles. The SMILES string of the molecule is Cc1c(C(=O)Nc2ccc(Cl)c(C(=O)O)c2)cnn1-c1ccc2ccccc2n1. The first-order valence-corrected chi connectivity index (χ1v) is 9.07. The van der Waals surface area contributed by atoms with Crippen LogP contribution < -0.4 is 5.32 Å². The summed E-state index contributed by atoms with van der Waals surface area (Å²) in [6.07, 6.45) is 1.45. The fourth-order valence-corrected chi connectivity index (χ4v) is 3.20. The average molecular weight is 407 g/mol. The fourth-order valence-electron chi connectivity index (χ4n) is 3.00. The fraction of sp³-hybridized carbons (Fsp3) is 0.0476. The first-order chi connectivity index (χ1) is 13.9. The van der Waals surface area contributed by atoms with Gasteiger partial charge in [-0.1, -0.05) is 29.8 Å². The van der Waals surface area contributed by atoms with Gasteiger partial charge in [0.15, 0.2) is 5.82 Å². The van der Waals surface area contributed by atoms with Gasteiger partial charge in [-0.15, -0.1) is 0 Å². The van der Waals surface area contributed by atoms with E-state index in [4.69, 9.17) is 11.6 Å². The van der Waals surface area contributed by atoms with Crippen molar-refractivity contribution >= 4 is 40.1 Å². The molecule has 2 aromatic heterocycles. The van der Waals surface area contributed by atoms with Crippen LogP contribution in [0.3, 0.4) is 0 Å². The molecule has 7 nitrogen and oxygen atoms in total. The van der Waals surface area contributed by atoms with Crippen molar-refractivity contribution in [2.24, 2.45) is 0 Å². The third kappa shape index (κ3) is 3.55. The molecule has 0 atom stereocenters. The Bertz CT molecular complexity index is 1270. The molecular weight excluding hydrogens is 392 g/mol. The van der Waals surface area contributed by atoms with E-state index in [1.54, 1.807) is 11.6 Å². The second kappa shape index (κ2) is 7.37. The Morgan fingerprint density at radius 1 is 1.07 bits per heavy atom. The summed E-state index contributed by atoms with van der Waals surface area (Å²) in [6.45, 7) is 1.77. The second-order valence-electron chi connectivity index (χ2n) is 6.37. The van der Waals surface area contributed by atoms with Crippen LogP contribution in [0, 0.1) is 6.92 Å². The van der Waals surface area contributed by atoms with Gasteiger partial charge in [0.1, 0.15) is 0 Å². The minimum atomic E-state index is -1.17. The van der Waals surface area contributed by atoms with E-state index in [1.807, 2.05) is 36.4 Å². The molecule has 1 amide bonds. The Kier molecular flexibility index (Phi) is 4.74. The van der Waals surface area contributed by atoms with Crippen LogP contribution in [-0.4, -0.2) is 31.7 Å². The van der Waals surface area contributed by atoms with Crippen molar-refractivity contribution in [2.45, 2.75) is 6.92 Å². The number of hydrogen-bond acceptors (Lipinski definition) is 4. The lowest BCUT2D eigenvalue weighted by Gasteiger charge is -2.08. The first kappa shape index (κ1) is 18.6. The monoisotopic (exact) mass is 406 g/mol. The van der Waals surface area contributed by atoms with Gasteiger partial charge in [0, 0.05) is 11.1 Å². The van der Waals surface area contributed by atoms with E-state index >= 15 is 0 Å². The van der Waals surface area contributed by atoms with Crippen molar-refractivity contribution in [1.82, 2.24) is 14.8 Å².